The second-order valence-corrected chi connectivity index (χ2v) is 7.27. The van der Waals surface area contributed by atoms with Crippen LogP contribution in [0.25, 0.3) is 0 Å². The molecule has 7 nitrogen and oxygen atoms in total. The third kappa shape index (κ3) is 8.50. The molecule has 0 bridgehead atoms. The van der Waals surface area contributed by atoms with Crippen LogP contribution in [0.2, 0.25) is 0 Å². The van der Waals surface area contributed by atoms with E-state index < -0.39 is 23.7 Å². The highest BCUT2D eigenvalue weighted by Gasteiger charge is 2.26. The summed E-state index contributed by atoms with van der Waals surface area (Å²) >= 11 is 0. The van der Waals surface area contributed by atoms with Gasteiger partial charge in [0, 0.05) is 19.0 Å². The average molecular weight is 364 g/mol. The molecule has 1 aromatic carbocycles. The number of ether oxygens (including phenoxy) is 2. The summed E-state index contributed by atoms with van der Waals surface area (Å²) in [5.41, 5.74) is 0.698. The summed E-state index contributed by atoms with van der Waals surface area (Å²) < 4.78 is 10.5. The van der Waals surface area contributed by atoms with Crippen LogP contribution < -0.4 is 10.6 Å². The van der Waals surface area contributed by atoms with Crippen molar-refractivity contribution in [1.29, 1.82) is 0 Å². The fourth-order valence-electron chi connectivity index (χ4n) is 2.17. The van der Waals surface area contributed by atoms with Gasteiger partial charge in [0.1, 0.15) is 11.6 Å². The van der Waals surface area contributed by atoms with E-state index in [1.165, 1.54) is 6.92 Å². The van der Waals surface area contributed by atoms with Crippen molar-refractivity contribution in [3.8, 4) is 0 Å². The Bertz CT molecular complexity index is 650. The first kappa shape index (κ1) is 21.5. The van der Waals surface area contributed by atoms with Gasteiger partial charge in [-0.05, 0) is 52.3 Å². The maximum absolute atomic E-state index is 12.4. The molecular weight excluding hydrogens is 336 g/mol. The molecule has 2 amide bonds. The second-order valence-electron chi connectivity index (χ2n) is 7.27. The number of benzene rings is 1. The van der Waals surface area contributed by atoms with Gasteiger partial charge in [-0.3, -0.25) is 4.79 Å². The zero-order chi connectivity index (χ0) is 19.9. The van der Waals surface area contributed by atoms with Crippen molar-refractivity contribution in [3.63, 3.8) is 0 Å². The van der Waals surface area contributed by atoms with Crippen LogP contribution in [-0.2, 0) is 25.5 Å². The number of carbonyl (C=O) groups is 3. The van der Waals surface area contributed by atoms with E-state index in [-0.39, 0.29) is 18.4 Å². The van der Waals surface area contributed by atoms with Gasteiger partial charge in [0.05, 0.1) is 6.10 Å². The topological polar surface area (TPSA) is 93.7 Å². The summed E-state index contributed by atoms with van der Waals surface area (Å²) in [6, 6.07) is 6.15. The van der Waals surface area contributed by atoms with Crippen molar-refractivity contribution in [1.82, 2.24) is 5.32 Å². The quantitative estimate of drug-likeness (QED) is 0.757. The third-order valence-electron chi connectivity index (χ3n) is 3.01. The number of hydrogen-bond acceptors (Lipinski definition) is 5. The molecule has 2 N–H and O–H groups in total. The molecule has 7 heteroatoms. The molecule has 0 aliphatic carbocycles. The van der Waals surface area contributed by atoms with Crippen LogP contribution >= 0.6 is 0 Å². The molecule has 0 saturated carbocycles. The highest BCUT2D eigenvalue weighted by molar-refractivity contribution is 5.88. The van der Waals surface area contributed by atoms with Gasteiger partial charge in [-0.15, -0.1) is 0 Å². The zero-order valence-corrected chi connectivity index (χ0v) is 16.2. The summed E-state index contributed by atoms with van der Waals surface area (Å²) in [5, 5.41) is 5.25. The predicted molar refractivity (Wildman–Crippen MR) is 98.8 cm³/mol. The molecule has 0 aliphatic heterocycles. The van der Waals surface area contributed by atoms with Crippen LogP contribution in [0, 0.1) is 0 Å². The van der Waals surface area contributed by atoms with E-state index in [4.69, 9.17) is 9.47 Å². The highest BCUT2D eigenvalue weighted by atomic mass is 16.6. The van der Waals surface area contributed by atoms with Crippen molar-refractivity contribution in [2.45, 2.75) is 65.7 Å². The van der Waals surface area contributed by atoms with E-state index >= 15 is 0 Å². The van der Waals surface area contributed by atoms with Crippen molar-refractivity contribution in [2.24, 2.45) is 0 Å². The number of amides is 2. The Hall–Kier alpha value is -2.57. The Morgan fingerprint density at radius 2 is 1.81 bits per heavy atom. The van der Waals surface area contributed by atoms with Gasteiger partial charge in [-0.1, -0.05) is 12.1 Å². The molecule has 0 radical (unpaired) electrons. The molecule has 0 fully saturated rings. The Morgan fingerprint density at radius 1 is 1.15 bits per heavy atom. The zero-order valence-electron chi connectivity index (χ0n) is 16.2. The molecule has 1 atom stereocenters. The van der Waals surface area contributed by atoms with Crippen LogP contribution in [0.1, 0.15) is 47.1 Å². The first-order valence-corrected chi connectivity index (χ1v) is 8.53. The number of nitrogens with one attached hydrogen (secondary N) is 2. The van der Waals surface area contributed by atoms with E-state index in [0.717, 1.165) is 5.56 Å². The Kier molecular flexibility index (Phi) is 7.61. The second kappa shape index (κ2) is 9.22. The molecule has 144 valence electrons. The van der Waals surface area contributed by atoms with Crippen LogP contribution in [0.4, 0.5) is 10.5 Å². The fraction of sp³-hybridized carbons (Fsp3) is 0.526. The molecule has 0 aromatic heterocycles. The Morgan fingerprint density at radius 3 is 2.35 bits per heavy atom. The minimum Gasteiger partial charge on any atom is -0.461 e. The summed E-state index contributed by atoms with van der Waals surface area (Å²) in [4.78, 5) is 35.6. The SMILES string of the molecule is CC(=O)Nc1cccc(CC(NC(=O)OC(C)(C)C)C(=O)OC(C)C)c1. The van der Waals surface area contributed by atoms with E-state index in [1.807, 2.05) is 0 Å². The van der Waals surface area contributed by atoms with Gasteiger partial charge < -0.3 is 20.1 Å². The van der Waals surface area contributed by atoms with Crippen molar-refractivity contribution < 1.29 is 23.9 Å². The summed E-state index contributed by atoms with van der Waals surface area (Å²) in [6.07, 6.45) is -0.796. The monoisotopic (exact) mass is 364 g/mol. The first-order valence-electron chi connectivity index (χ1n) is 8.53. The van der Waals surface area contributed by atoms with Gasteiger partial charge in [0.25, 0.3) is 0 Å². The highest BCUT2D eigenvalue weighted by Crippen LogP contribution is 2.14. The molecule has 0 aliphatic rings. The standard InChI is InChI=1S/C19H28N2O5/c1-12(2)25-17(23)16(21-18(24)26-19(4,5)6)11-14-8-7-9-15(10-14)20-13(3)22/h7-10,12,16H,11H2,1-6H3,(H,20,22)(H,21,24). The fourth-order valence-corrected chi connectivity index (χ4v) is 2.17. The molecule has 0 heterocycles. The lowest BCUT2D eigenvalue weighted by Gasteiger charge is -2.23. The molecule has 0 saturated heterocycles. The molecular formula is C19H28N2O5. The van der Waals surface area contributed by atoms with Gasteiger partial charge in [0.15, 0.2) is 0 Å². The minimum atomic E-state index is -0.903. The predicted octanol–water partition coefficient (Wildman–Crippen LogP) is 3.03. The minimum absolute atomic E-state index is 0.190. The van der Waals surface area contributed by atoms with E-state index in [1.54, 1.807) is 58.9 Å². The van der Waals surface area contributed by atoms with Crippen molar-refractivity contribution >= 4 is 23.7 Å². The number of esters is 1. The third-order valence-corrected chi connectivity index (χ3v) is 3.01. The number of carbonyl (C=O) groups excluding carboxylic acids is 3. The average Bonchev–Trinajstić information content (AvgIpc) is 2.43. The molecule has 1 unspecified atom stereocenters. The normalized spacial score (nSPS) is 12.3. The summed E-state index contributed by atoms with van der Waals surface area (Å²) in [7, 11) is 0. The maximum Gasteiger partial charge on any atom is 0.408 e. The van der Waals surface area contributed by atoms with E-state index in [0.29, 0.717) is 5.69 Å². The number of anilines is 1. The summed E-state index contributed by atoms with van der Waals surface area (Å²) in [6.45, 7) is 10.1. The lowest BCUT2D eigenvalue weighted by molar-refractivity contribution is -0.150. The molecule has 1 rings (SSSR count). The Labute approximate surface area is 154 Å². The molecule has 26 heavy (non-hydrogen) atoms. The van der Waals surface area contributed by atoms with Gasteiger partial charge in [-0.25, -0.2) is 9.59 Å². The Balaban J connectivity index is 2.92. The van der Waals surface area contributed by atoms with Gasteiger partial charge >= 0.3 is 12.1 Å². The van der Waals surface area contributed by atoms with E-state index in [9.17, 15) is 14.4 Å². The number of rotatable bonds is 6. The van der Waals surface area contributed by atoms with Crippen LogP contribution in [0.5, 0.6) is 0 Å². The lowest BCUT2D eigenvalue weighted by atomic mass is 10.1. The van der Waals surface area contributed by atoms with Gasteiger partial charge in [0.2, 0.25) is 5.91 Å². The molecule has 0 spiro atoms. The maximum atomic E-state index is 12.4. The number of hydrogen-bond donors (Lipinski definition) is 2. The van der Waals surface area contributed by atoms with Crippen LogP contribution in [0.3, 0.4) is 0 Å². The number of alkyl carbamates (subject to hydrolysis) is 1. The van der Waals surface area contributed by atoms with Crippen LogP contribution in [-0.4, -0.2) is 35.7 Å². The van der Waals surface area contributed by atoms with Crippen LogP contribution in [0.15, 0.2) is 24.3 Å². The summed E-state index contributed by atoms with van der Waals surface area (Å²) in [5.74, 6) is -0.736. The van der Waals surface area contributed by atoms with Crippen molar-refractivity contribution in [3.05, 3.63) is 29.8 Å². The lowest BCUT2D eigenvalue weighted by Crippen LogP contribution is -2.46. The van der Waals surface area contributed by atoms with Gasteiger partial charge in [-0.2, -0.15) is 0 Å². The largest absolute Gasteiger partial charge is 0.461 e. The first-order chi connectivity index (χ1) is 12.0. The smallest absolute Gasteiger partial charge is 0.408 e. The van der Waals surface area contributed by atoms with Crippen molar-refractivity contribution in [2.75, 3.05) is 5.32 Å². The van der Waals surface area contributed by atoms with E-state index in [2.05, 4.69) is 10.6 Å². The molecule has 1 aromatic rings.